The predicted octanol–water partition coefficient (Wildman–Crippen LogP) is 17.5. The van der Waals surface area contributed by atoms with Gasteiger partial charge in [0.25, 0.3) is 11.8 Å². The van der Waals surface area contributed by atoms with Crippen molar-refractivity contribution in [1.29, 1.82) is 0 Å². The van der Waals surface area contributed by atoms with Crippen LogP contribution < -0.4 is 29.6 Å². The molecule has 0 spiro atoms. The van der Waals surface area contributed by atoms with Crippen molar-refractivity contribution in [2.45, 2.75) is 259 Å². The lowest BCUT2D eigenvalue weighted by atomic mass is 9.83. The number of nitrogens with zero attached hydrogens (tertiary/aromatic N) is 2. The van der Waals surface area contributed by atoms with Gasteiger partial charge in [0.15, 0.2) is 13.2 Å². The summed E-state index contributed by atoms with van der Waals surface area (Å²) >= 11 is 0. The highest BCUT2D eigenvalue weighted by Gasteiger charge is 2.39. The minimum absolute atomic E-state index is 0.0715. The molecule has 0 saturated heterocycles. The quantitative estimate of drug-likeness (QED) is 0.0119. The number of nitrogens with one attached hydrogen (secondary N) is 4. The minimum atomic E-state index is -1.43. The molecule has 0 atom stereocenters. The third kappa shape index (κ3) is 34.0. The van der Waals surface area contributed by atoms with Crippen LogP contribution in [0.3, 0.4) is 0 Å². The molecule has 5 heterocycles. The highest BCUT2D eigenvalue weighted by atomic mass is 16.6. The summed E-state index contributed by atoms with van der Waals surface area (Å²) in [6.45, 7) is 29.1. The van der Waals surface area contributed by atoms with Crippen molar-refractivity contribution in [3.63, 3.8) is 0 Å². The molecular formula is C104H128N6O26. The van der Waals surface area contributed by atoms with Crippen LogP contribution in [-0.2, 0) is 105 Å². The average molecular weight is 1880 g/mol. The SMILES string of the molecule is COC(=O)CC(=O)OCCOc1cccc(-c2c3nc(c(-c4ccccc4OCC(=O)NC(CCC(=O)OC(C)(C)C)(CCC(=O)OC(C)(C)C)CCC(=O)OC(C)(C)C)c4ccc([nH]4)c(-c4cccc(OCCOC(=O)CC(=O)OC)c4)c4nc(c(-c5ccccc5OCC(=O)NC(CCC(=O)OC(C)(C)C)(CCC(=O)OC(C)(C)C)CCC(=O)OC(C)(C)C)c5ccc2[nH]5)C=C4)C=C3)c1. The Morgan fingerprint density at radius 3 is 0.853 bits per heavy atom. The average Bonchev–Trinajstić information content (AvgIpc) is 1.61. The molecule has 4 aromatic carbocycles. The van der Waals surface area contributed by atoms with Gasteiger partial charge in [-0.15, -0.1) is 0 Å². The smallest absolute Gasteiger partial charge is 0.317 e. The topological polar surface area (TPSA) is 415 Å². The molecule has 2 aliphatic heterocycles. The van der Waals surface area contributed by atoms with Crippen LogP contribution in [0, 0.1) is 0 Å². The van der Waals surface area contributed by atoms with Gasteiger partial charge in [0.05, 0.1) is 37.0 Å². The number of esters is 10. The van der Waals surface area contributed by atoms with Crippen molar-refractivity contribution < 1.29 is 124 Å². The molecular weight excluding hydrogens is 1750 g/mol. The number of rotatable bonds is 42. The fraction of sp³-hybridized carbons (Fsp3) is 0.462. The molecule has 2 aliphatic rings. The van der Waals surface area contributed by atoms with E-state index < -0.39 is 142 Å². The van der Waals surface area contributed by atoms with E-state index >= 15 is 9.59 Å². The Morgan fingerprint density at radius 2 is 0.574 bits per heavy atom. The van der Waals surface area contributed by atoms with Crippen LogP contribution in [0.5, 0.6) is 23.0 Å². The van der Waals surface area contributed by atoms with Crippen LogP contribution in [0.25, 0.3) is 90.9 Å². The largest absolute Gasteiger partial charge is 0.490 e. The third-order valence-electron chi connectivity index (χ3n) is 20.5. The van der Waals surface area contributed by atoms with Gasteiger partial charge in [0.1, 0.15) is 95.9 Å². The first-order valence-corrected chi connectivity index (χ1v) is 45.3. The van der Waals surface area contributed by atoms with Gasteiger partial charge in [0, 0.05) is 105 Å². The first kappa shape index (κ1) is 106. The highest BCUT2D eigenvalue weighted by Crippen LogP contribution is 2.44. The van der Waals surface area contributed by atoms with Crippen molar-refractivity contribution in [3.8, 4) is 67.5 Å². The van der Waals surface area contributed by atoms with Crippen molar-refractivity contribution in [2.24, 2.45) is 0 Å². The maximum absolute atomic E-state index is 15.1. The summed E-state index contributed by atoms with van der Waals surface area (Å²) in [5.74, 6) is -6.94. The van der Waals surface area contributed by atoms with E-state index in [0.717, 1.165) is 14.2 Å². The first-order chi connectivity index (χ1) is 63.8. The Kier molecular flexibility index (Phi) is 36.3. The number of para-hydroxylation sites is 2. The van der Waals surface area contributed by atoms with Crippen LogP contribution in [0.1, 0.15) is 237 Å². The Hall–Kier alpha value is -13.7. The molecule has 4 N–H and O–H groups in total. The molecule has 136 heavy (non-hydrogen) atoms. The summed E-state index contributed by atoms with van der Waals surface area (Å²) in [4.78, 5) is 180. The number of H-pyrrole nitrogens is 2. The van der Waals surface area contributed by atoms with Crippen molar-refractivity contribution in [2.75, 3.05) is 53.9 Å². The number of methoxy groups -OCH3 is 2. The van der Waals surface area contributed by atoms with E-state index in [0.29, 0.717) is 101 Å². The number of aromatic amines is 2. The second-order valence-electron chi connectivity index (χ2n) is 38.9. The number of benzene rings is 4. The maximum atomic E-state index is 15.1. The maximum Gasteiger partial charge on any atom is 0.317 e. The summed E-state index contributed by atoms with van der Waals surface area (Å²) in [5, 5.41) is 6.24. The van der Waals surface area contributed by atoms with Gasteiger partial charge >= 0.3 is 59.7 Å². The summed E-state index contributed by atoms with van der Waals surface area (Å²) in [7, 11) is 2.32. The van der Waals surface area contributed by atoms with E-state index in [2.05, 4.69) is 30.1 Å². The number of hydrogen-bond acceptors (Lipinski definition) is 28. The number of amides is 2. The van der Waals surface area contributed by atoms with E-state index in [9.17, 15) is 47.9 Å². The summed E-state index contributed by atoms with van der Waals surface area (Å²) < 4.78 is 80.4. The lowest BCUT2D eigenvalue weighted by Crippen LogP contribution is -2.51. The van der Waals surface area contributed by atoms with Crippen LogP contribution in [0.2, 0.25) is 0 Å². The van der Waals surface area contributed by atoms with E-state index in [-0.39, 0.29) is 115 Å². The molecule has 32 heteroatoms. The molecule has 2 amide bonds. The standard InChI is InChI=1S/C104H128N6O26/c1-97(2,3)131-83(113)43-49-103(50-44-84(114)132-98(4,5)6,51-45-85(115)133-99(7,8)9)109-81(111)63-129-79-33-23-21-31-69(79)95-75-39-35-71(105-75)93(65-27-25-29-67(59-65)125-55-57-127-91(121)61-89(119)123-19)73-37-41-77(107-73)96(78-42-38-74(108-78)94(72-36-40-76(95)106-72)66-28-26-30-68(60-66)126-56-58-128-92(122)62-90(120)124-20)70-32-22-24-34-80(70)130-64-82(112)110-104(52-46-86(116)134-100(10,11)12,53-47-87(117)135-101(13,14)15)54-48-88(118)136-102(16,17)18/h21-42,59-60,105,108H,43-58,61-64H2,1-20H3,(H,109,111)(H,110,112). The Morgan fingerprint density at radius 1 is 0.301 bits per heavy atom. The molecule has 0 saturated carbocycles. The van der Waals surface area contributed by atoms with Gasteiger partial charge in [0.2, 0.25) is 0 Å². The molecule has 0 fully saturated rings. The summed E-state index contributed by atoms with van der Waals surface area (Å²) in [6, 6.07) is 35.7. The normalized spacial score (nSPS) is 12.3. The van der Waals surface area contributed by atoms with Crippen molar-refractivity contribution in [1.82, 2.24) is 30.6 Å². The molecule has 8 bridgehead atoms. The monoisotopic (exact) mass is 1880 g/mol. The number of aromatic nitrogens is 4. The molecule has 730 valence electrons. The van der Waals surface area contributed by atoms with Gasteiger partial charge in [-0.25, -0.2) is 9.97 Å². The second kappa shape index (κ2) is 46.5. The second-order valence-corrected chi connectivity index (χ2v) is 38.9. The van der Waals surface area contributed by atoms with Crippen LogP contribution in [0.4, 0.5) is 0 Å². The first-order valence-electron chi connectivity index (χ1n) is 45.3. The summed E-state index contributed by atoms with van der Waals surface area (Å²) in [6.07, 6.45) is 4.35. The Labute approximate surface area is 793 Å². The molecule has 0 unspecified atom stereocenters. The van der Waals surface area contributed by atoms with Gasteiger partial charge in [-0.05, 0) is 259 Å². The van der Waals surface area contributed by atoms with Crippen molar-refractivity contribution in [3.05, 3.63) is 144 Å². The zero-order valence-corrected chi connectivity index (χ0v) is 81.5. The number of ether oxygens (including phenoxy) is 14. The van der Waals surface area contributed by atoms with Crippen LogP contribution >= 0.6 is 0 Å². The molecule has 0 aliphatic carbocycles. The van der Waals surface area contributed by atoms with E-state index in [1.807, 2.05) is 60.7 Å². The zero-order chi connectivity index (χ0) is 99.7. The number of carbonyl (C=O) groups is 12. The lowest BCUT2D eigenvalue weighted by Gasteiger charge is -2.35. The van der Waals surface area contributed by atoms with Crippen LogP contribution in [-0.4, -0.2) is 190 Å². The van der Waals surface area contributed by atoms with Crippen molar-refractivity contribution >= 4 is 118 Å². The van der Waals surface area contributed by atoms with Gasteiger partial charge < -0.3 is 86.9 Å². The van der Waals surface area contributed by atoms with E-state index in [4.69, 9.17) is 66.8 Å². The predicted molar refractivity (Wildman–Crippen MR) is 510 cm³/mol. The van der Waals surface area contributed by atoms with Gasteiger partial charge in [-0.3, -0.25) is 57.5 Å². The number of hydrogen-bond donors (Lipinski definition) is 4. The molecule has 7 aromatic rings. The minimum Gasteiger partial charge on any atom is -0.490 e. The number of carbonyl (C=O) groups excluding carboxylic acids is 12. The zero-order valence-electron chi connectivity index (χ0n) is 81.5. The van der Waals surface area contributed by atoms with E-state index in [1.54, 1.807) is 210 Å². The lowest BCUT2D eigenvalue weighted by molar-refractivity contribution is -0.158. The Balaban J connectivity index is 1.26. The Bertz CT molecular complexity index is 5250. The highest BCUT2D eigenvalue weighted by molar-refractivity contribution is 6.02. The van der Waals surface area contributed by atoms with E-state index in [1.165, 1.54) is 0 Å². The molecule has 3 aromatic heterocycles. The van der Waals surface area contributed by atoms with Gasteiger partial charge in [-0.1, -0.05) is 60.7 Å². The molecule has 0 radical (unpaired) electrons. The van der Waals surface area contributed by atoms with Crippen LogP contribution in [0.15, 0.2) is 121 Å². The molecule has 9 rings (SSSR count). The third-order valence-corrected chi connectivity index (χ3v) is 20.5. The molecule has 32 nitrogen and oxygen atoms in total. The fourth-order valence-electron chi connectivity index (χ4n) is 15.1. The fourth-order valence-corrected chi connectivity index (χ4v) is 15.1. The van der Waals surface area contributed by atoms with Gasteiger partial charge in [-0.2, -0.15) is 0 Å². The number of fused-ring (bicyclic) bond motifs is 8. The summed E-state index contributed by atoms with van der Waals surface area (Å²) in [5.41, 5.74) is -0.737.